The molecule has 3 aromatic rings. The molecular weight excluding hydrogens is 290 g/mol. The van der Waals surface area contributed by atoms with Crippen molar-refractivity contribution >= 4 is 22.6 Å². The van der Waals surface area contributed by atoms with Crippen LogP contribution in [0.15, 0.2) is 47.1 Å². The zero-order valence-electron chi connectivity index (χ0n) is 13.2. The van der Waals surface area contributed by atoms with Crippen molar-refractivity contribution in [1.82, 2.24) is 0 Å². The number of fused-ring (bicyclic) bond motifs is 1. The Balaban J connectivity index is 1.79. The van der Waals surface area contributed by atoms with Crippen molar-refractivity contribution in [3.8, 4) is 0 Å². The Hall–Kier alpha value is -2.59. The summed E-state index contributed by atoms with van der Waals surface area (Å²) in [7, 11) is 0. The van der Waals surface area contributed by atoms with Gasteiger partial charge in [-0.1, -0.05) is 24.3 Å². The first kappa shape index (κ1) is 15.3. The molecule has 0 saturated carbocycles. The minimum Gasteiger partial charge on any atom is -0.464 e. The summed E-state index contributed by atoms with van der Waals surface area (Å²) in [5.74, 6) is -0.110. The minimum absolute atomic E-state index is 0.0469. The lowest BCUT2D eigenvalue weighted by Gasteiger charge is -2.06. The van der Waals surface area contributed by atoms with Crippen molar-refractivity contribution < 1.29 is 14.3 Å². The number of nitrogens with one attached hydrogen (secondary N) is 1. The van der Waals surface area contributed by atoms with Gasteiger partial charge < -0.3 is 14.8 Å². The molecule has 2 N–H and O–H groups in total. The van der Waals surface area contributed by atoms with Crippen molar-refractivity contribution in [2.45, 2.75) is 26.9 Å². The molecule has 0 unspecified atom stereocenters. The van der Waals surface area contributed by atoms with Crippen LogP contribution < -0.4 is 5.32 Å². The van der Waals surface area contributed by atoms with Crippen molar-refractivity contribution in [3.63, 3.8) is 0 Å². The molecule has 0 fully saturated rings. The van der Waals surface area contributed by atoms with Gasteiger partial charge >= 0.3 is 0 Å². The number of aryl methyl sites for hydroxylation is 2. The van der Waals surface area contributed by atoms with Crippen LogP contribution in [0.1, 0.15) is 22.3 Å². The van der Waals surface area contributed by atoms with Crippen LogP contribution in [-0.2, 0) is 17.8 Å². The number of hydrogen-bond acceptors (Lipinski definition) is 3. The zero-order chi connectivity index (χ0) is 16.4. The second-order valence-electron chi connectivity index (χ2n) is 5.73. The molecule has 118 valence electrons. The quantitative estimate of drug-likeness (QED) is 0.772. The van der Waals surface area contributed by atoms with Crippen LogP contribution in [0.3, 0.4) is 0 Å². The maximum absolute atomic E-state index is 12.3. The van der Waals surface area contributed by atoms with Crippen LogP contribution >= 0.6 is 0 Å². The van der Waals surface area contributed by atoms with Crippen molar-refractivity contribution in [1.29, 1.82) is 0 Å². The van der Waals surface area contributed by atoms with Crippen LogP contribution in [0.4, 0.5) is 5.69 Å². The summed E-state index contributed by atoms with van der Waals surface area (Å²) in [6, 6.07) is 11.2. The topological polar surface area (TPSA) is 62.5 Å². The predicted molar refractivity (Wildman–Crippen MR) is 90.4 cm³/mol. The molecule has 1 heterocycles. The highest BCUT2D eigenvalue weighted by Gasteiger charge is 2.13. The summed E-state index contributed by atoms with van der Waals surface area (Å²) >= 11 is 0. The molecule has 0 radical (unpaired) electrons. The predicted octanol–water partition coefficient (Wildman–Crippen LogP) is 3.72. The molecule has 0 aliphatic heterocycles. The molecule has 1 amide bonds. The summed E-state index contributed by atoms with van der Waals surface area (Å²) in [5, 5.41) is 13.0. The van der Waals surface area contributed by atoms with Gasteiger partial charge in [0, 0.05) is 16.6 Å². The molecular formula is C19H19NO3. The number of amides is 1. The summed E-state index contributed by atoms with van der Waals surface area (Å²) in [6.07, 6.45) is 1.90. The fourth-order valence-corrected chi connectivity index (χ4v) is 2.65. The first-order valence-corrected chi connectivity index (χ1v) is 7.54. The molecule has 4 nitrogen and oxygen atoms in total. The largest absolute Gasteiger partial charge is 0.464 e. The number of rotatable bonds is 4. The Morgan fingerprint density at radius 2 is 2.04 bits per heavy atom. The molecule has 0 saturated heterocycles. The fourth-order valence-electron chi connectivity index (χ4n) is 2.65. The van der Waals surface area contributed by atoms with Gasteiger partial charge in [0.1, 0.15) is 5.58 Å². The highest BCUT2D eigenvalue weighted by atomic mass is 16.3. The maximum Gasteiger partial charge on any atom is 0.228 e. The van der Waals surface area contributed by atoms with E-state index in [-0.39, 0.29) is 18.9 Å². The van der Waals surface area contributed by atoms with Gasteiger partial charge in [-0.15, -0.1) is 0 Å². The van der Waals surface area contributed by atoms with Gasteiger partial charge in [-0.25, -0.2) is 0 Å². The van der Waals surface area contributed by atoms with E-state index in [1.165, 1.54) is 5.56 Å². The van der Waals surface area contributed by atoms with E-state index in [1.807, 2.05) is 32.0 Å². The van der Waals surface area contributed by atoms with Gasteiger partial charge in [0.2, 0.25) is 5.91 Å². The Kier molecular flexibility index (Phi) is 4.17. The number of carbonyl (C=O) groups excluding carboxylic acids is 1. The highest BCUT2D eigenvalue weighted by Crippen LogP contribution is 2.27. The number of hydrogen-bond donors (Lipinski definition) is 2. The average Bonchev–Trinajstić information content (AvgIpc) is 2.94. The van der Waals surface area contributed by atoms with E-state index in [2.05, 4.69) is 5.32 Å². The third kappa shape index (κ3) is 3.12. The summed E-state index contributed by atoms with van der Waals surface area (Å²) < 4.78 is 5.64. The second-order valence-corrected chi connectivity index (χ2v) is 5.73. The molecule has 0 aliphatic carbocycles. The number of benzene rings is 2. The molecule has 0 spiro atoms. The van der Waals surface area contributed by atoms with Crippen LogP contribution in [0.2, 0.25) is 0 Å². The standard InChI is InChI=1S/C19H19NO3/c1-12-6-7-17-15(11-23-19(17)13(12)2)9-18(22)20-16-5-3-4-14(8-16)10-21/h3-8,11,21H,9-10H2,1-2H3,(H,20,22). The van der Waals surface area contributed by atoms with E-state index >= 15 is 0 Å². The lowest BCUT2D eigenvalue weighted by molar-refractivity contribution is -0.115. The number of carbonyl (C=O) groups is 1. The first-order valence-electron chi connectivity index (χ1n) is 7.54. The van der Waals surface area contributed by atoms with Crippen molar-refractivity contribution in [2.24, 2.45) is 0 Å². The lowest BCUT2D eigenvalue weighted by atomic mass is 10.0. The van der Waals surface area contributed by atoms with Crippen molar-refractivity contribution in [3.05, 3.63) is 64.9 Å². The minimum atomic E-state index is -0.110. The van der Waals surface area contributed by atoms with Crippen LogP contribution in [0.25, 0.3) is 11.0 Å². The second kappa shape index (κ2) is 6.26. The van der Waals surface area contributed by atoms with E-state index in [1.54, 1.807) is 24.5 Å². The van der Waals surface area contributed by atoms with E-state index < -0.39 is 0 Å². The molecule has 0 atom stereocenters. The Morgan fingerprint density at radius 1 is 1.22 bits per heavy atom. The number of aliphatic hydroxyl groups is 1. The number of anilines is 1. The summed E-state index contributed by atoms with van der Waals surface area (Å²) in [6.45, 7) is 4.01. The average molecular weight is 309 g/mol. The zero-order valence-corrected chi connectivity index (χ0v) is 13.2. The normalized spacial score (nSPS) is 10.9. The molecule has 3 rings (SSSR count). The molecule has 2 aromatic carbocycles. The number of aliphatic hydroxyl groups excluding tert-OH is 1. The van der Waals surface area contributed by atoms with E-state index in [9.17, 15) is 4.79 Å². The van der Waals surface area contributed by atoms with E-state index in [0.717, 1.165) is 27.7 Å². The molecule has 1 aromatic heterocycles. The Labute approximate surface area is 134 Å². The van der Waals surface area contributed by atoms with Gasteiger partial charge in [-0.05, 0) is 42.7 Å². The monoisotopic (exact) mass is 309 g/mol. The smallest absolute Gasteiger partial charge is 0.228 e. The first-order chi connectivity index (χ1) is 11.1. The molecule has 23 heavy (non-hydrogen) atoms. The molecule has 0 aliphatic rings. The maximum atomic E-state index is 12.3. The number of furan rings is 1. The molecule has 0 bridgehead atoms. The van der Waals surface area contributed by atoms with Crippen LogP contribution in [-0.4, -0.2) is 11.0 Å². The highest BCUT2D eigenvalue weighted by molar-refractivity contribution is 5.96. The van der Waals surface area contributed by atoms with Gasteiger partial charge in [0.05, 0.1) is 19.3 Å². The van der Waals surface area contributed by atoms with Gasteiger partial charge in [-0.3, -0.25) is 4.79 Å². The Bertz CT molecular complexity index is 864. The summed E-state index contributed by atoms with van der Waals surface area (Å²) in [4.78, 5) is 12.3. The van der Waals surface area contributed by atoms with E-state index in [4.69, 9.17) is 9.52 Å². The van der Waals surface area contributed by atoms with E-state index in [0.29, 0.717) is 5.69 Å². The Morgan fingerprint density at radius 3 is 2.83 bits per heavy atom. The molecule has 4 heteroatoms. The van der Waals surface area contributed by atoms with Gasteiger partial charge in [0.25, 0.3) is 0 Å². The van der Waals surface area contributed by atoms with Crippen LogP contribution in [0.5, 0.6) is 0 Å². The summed E-state index contributed by atoms with van der Waals surface area (Å²) in [5.41, 5.74) is 5.44. The fraction of sp³-hybridized carbons (Fsp3) is 0.211. The third-order valence-electron chi connectivity index (χ3n) is 4.09. The van der Waals surface area contributed by atoms with Crippen LogP contribution in [0, 0.1) is 13.8 Å². The SMILES string of the molecule is Cc1ccc2c(CC(=O)Nc3cccc(CO)c3)coc2c1C. The van der Waals surface area contributed by atoms with Crippen molar-refractivity contribution in [2.75, 3.05) is 5.32 Å². The lowest BCUT2D eigenvalue weighted by Crippen LogP contribution is -2.14. The van der Waals surface area contributed by atoms with Gasteiger partial charge in [0.15, 0.2) is 0 Å². The van der Waals surface area contributed by atoms with Gasteiger partial charge in [-0.2, -0.15) is 0 Å². The third-order valence-corrected chi connectivity index (χ3v) is 4.09.